The Kier molecular flexibility index (Phi) is 4.38. The van der Waals surface area contributed by atoms with Crippen LogP contribution in [0.1, 0.15) is 51.7 Å². The van der Waals surface area contributed by atoms with Crippen molar-refractivity contribution in [2.24, 2.45) is 11.8 Å². The average molecular weight is 204 g/mol. The summed E-state index contributed by atoms with van der Waals surface area (Å²) in [5.74, 6) is 2.40. The number of fused-ring (bicyclic) bond motifs is 1. The fourth-order valence-electron chi connectivity index (χ4n) is 2.84. The highest BCUT2D eigenvalue weighted by Crippen LogP contribution is 2.41. The molecule has 0 radical (unpaired) electrons. The lowest BCUT2D eigenvalue weighted by molar-refractivity contribution is 0.393. The molecule has 0 saturated heterocycles. The Hall–Kier alpha value is -0.780. The van der Waals surface area contributed by atoms with Crippen LogP contribution in [0.4, 0.5) is 0 Å². The summed E-state index contributed by atoms with van der Waals surface area (Å²) in [6.07, 6.45) is 1.28. The molecule has 0 nitrogen and oxygen atoms in total. The molecule has 1 aliphatic carbocycles. The summed E-state index contributed by atoms with van der Waals surface area (Å²) in [6, 6.07) is 8.93. The molecule has 2 rings (SSSR count). The van der Waals surface area contributed by atoms with E-state index >= 15 is 0 Å². The zero-order chi connectivity index (χ0) is 11.4. The fourth-order valence-corrected chi connectivity index (χ4v) is 2.84. The van der Waals surface area contributed by atoms with Crippen molar-refractivity contribution in [2.45, 2.75) is 47.0 Å². The third-order valence-electron chi connectivity index (χ3n) is 3.29. The molecule has 0 bridgehead atoms. The Morgan fingerprint density at radius 1 is 1.13 bits per heavy atom. The van der Waals surface area contributed by atoms with Gasteiger partial charge in [0.25, 0.3) is 0 Å². The van der Waals surface area contributed by atoms with Crippen LogP contribution in [0.2, 0.25) is 0 Å². The molecule has 0 fully saturated rings. The predicted octanol–water partition coefficient (Wildman–Crippen LogP) is 4.64. The molecule has 0 heteroatoms. The third-order valence-corrected chi connectivity index (χ3v) is 3.29. The van der Waals surface area contributed by atoms with E-state index in [-0.39, 0.29) is 0 Å². The van der Waals surface area contributed by atoms with E-state index in [1.807, 2.05) is 13.8 Å². The molecule has 84 valence electrons. The molecule has 1 aliphatic rings. The first kappa shape index (κ1) is 12.3. The van der Waals surface area contributed by atoms with Gasteiger partial charge in [-0.3, -0.25) is 0 Å². The van der Waals surface area contributed by atoms with E-state index in [2.05, 4.69) is 45.0 Å². The van der Waals surface area contributed by atoms with Crippen LogP contribution in [0, 0.1) is 11.8 Å². The predicted molar refractivity (Wildman–Crippen MR) is 68.2 cm³/mol. The second-order valence-electron chi connectivity index (χ2n) is 4.65. The summed E-state index contributed by atoms with van der Waals surface area (Å²) in [5.41, 5.74) is 3.18. The maximum atomic E-state index is 2.38. The van der Waals surface area contributed by atoms with Gasteiger partial charge in [0, 0.05) is 0 Å². The molecule has 1 aromatic carbocycles. The van der Waals surface area contributed by atoms with Crippen LogP contribution in [0.5, 0.6) is 0 Å². The van der Waals surface area contributed by atoms with E-state index in [4.69, 9.17) is 0 Å². The molecule has 0 aliphatic heterocycles. The lowest BCUT2D eigenvalue weighted by Gasteiger charge is -2.20. The molecule has 0 N–H and O–H groups in total. The molecule has 0 spiro atoms. The van der Waals surface area contributed by atoms with Gasteiger partial charge in [0.1, 0.15) is 0 Å². The van der Waals surface area contributed by atoms with E-state index in [0.717, 1.165) is 17.8 Å². The standard InChI is InChI=1S/C13H18.C2H6/c1-9(2)13-10(3)8-11-6-4-5-7-12(11)13;1-2/h4-7,9-10,13H,8H2,1-3H3;1-2H3. The van der Waals surface area contributed by atoms with Crippen molar-refractivity contribution in [1.29, 1.82) is 0 Å². The lowest BCUT2D eigenvalue weighted by atomic mass is 9.84. The van der Waals surface area contributed by atoms with E-state index in [9.17, 15) is 0 Å². The van der Waals surface area contributed by atoms with Crippen molar-refractivity contribution in [3.8, 4) is 0 Å². The molecule has 2 atom stereocenters. The first-order valence-corrected chi connectivity index (χ1v) is 6.28. The number of rotatable bonds is 1. The molecule has 0 saturated carbocycles. The van der Waals surface area contributed by atoms with E-state index in [0.29, 0.717) is 0 Å². The van der Waals surface area contributed by atoms with Gasteiger partial charge >= 0.3 is 0 Å². The Balaban J connectivity index is 0.000000531. The van der Waals surface area contributed by atoms with Gasteiger partial charge in [0.2, 0.25) is 0 Å². The number of hydrogen-bond acceptors (Lipinski definition) is 0. The molecule has 1 aromatic rings. The molecular formula is C15H24. The molecule has 15 heavy (non-hydrogen) atoms. The van der Waals surface area contributed by atoms with Crippen molar-refractivity contribution in [1.82, 2.24) is 0 Å². The summed E-state index contributed by atoms with van der Waals surface area (Å²) in [5, 5.41) is 0. The monoisotopic (exact) mass is 204 g/mol. The van der Waals surface area contributed by atoms with Crippen LogP contribution < -0.4 is 0 Å². The van der Waals surface area contributed by atoms with Gasteiger partial charge in [0.05, 0.1) is 0 Å². The molecule has 0 aromatic heterocycles. The van der Waals surface area contributed by atoms with Gasteiger partial charge in [-0.05, 0) is 35.3 Å². The first-order valence-electron chi connectivity index (χ1n) is 6.28. The first-order chi connectivity index (χ1) is 7.20. The van der Waals surface area contributed by atoms with Crippen LogP contribution in [0.3, 0.4) is 0 Å². The topological polar surface area (TPSA) is 0 Å². The highest BCUT2D eigenvalue weighted by molar-refractivity contribution is 5.36. The van der Waals surface area contributed by atoms with Crippen LogP contribution in [0.15, 0.2) is 24.3 Å². The zero-order valence-corrected chi connectivity index (χ0v) is 10.7. The van der Waals surface area contributed by atoms with E-state index in [1.165, 1.54) is 6.42 Å². The van der Waals surface area contributed by atoms with E-state index < -0.39 is 0 Å². The SMILES string of the molecule is CC.CC(C)C1c2ccccc2CC1C. The van der Waals surface area contributed by atoms with Gasteiger partial charge < -0.3 is 0 Å². The van der Waals surface area contributed by atoms with Crippen LogP contribution in [0.25, 0.3) is 0 Å². The fraction of sp³-hybridized carbons (Fsp3) is 0.600. The van der Waals surface area contributed by atoms with Gasteiger partial charge in [-0.1, -0.05) is 58.9 Å². The lowest BCUT2D eigenvalue weighted by Crippen LogP contribution is -2.10. The zero-order valence-electron chi connectivity index (χ0n) is 10.7. The Morgan fingerprint density at radius 2 is 1.73 bits per heavy atom. The van der Waals surface area contributed by atoms with Crippen molar-refractivity contribution in [3.63, 3.8) is 0 Å². The van der Waals surface area contributed by atoms with Gasteiger partial charge in [-0.25, -0.2) is 0 Å². The smallest absolute Gasteiger partial charge is 0.0107 e. The highest BCUT2D eigenvalue weighted by Gasteiger charge is 2.30. The van der Waals surface area contributed by atoms with Crippen LogP contribution in [-0.4, -0.2) is 0 Å². The number of benzene rings is 1. The second kappa shape index (κ2) is 5.34. The Bertz CT molecular complexity index is 299. The number of hydrogen-bond donors (Lipinski definition) is 0. The van der Waals surface area contributed by atoms with E-state index in [1.54, 1.807) is 11.1 Å². The summed E-state index contributed by atoms with van der Waals surface area (Å²) >= 11 is 0. The minimum absolute atomic E-state index is 0.777. The normalized spacial score (nSPS) is 23.3. The Labute approximate surface area is 94.7 Å². The third kappa shape index (κ3) is 2.42. The minimum atomic E-state index is 0.777. The van der Waals surface area contributed by atoms with Crippen molar-refractivity contribution in [2.75, 3.05) is 0 Å². The largest absolute Gasteiger partial charge is 0.0683 e. The van der Waals surface area contributed by atoms with Gasteiger partial charge in [-0.15, -0.1) is 0 Å². The molecular weight excluding hydrogens is 180 g/mol. The summed E-state index contributed by atoms with van der Waals surface area (Å²) in [6.45, 7) is 11.1. The van der Waals surface area contributed by atoms with Gasteiger partial charge in [-0.2, -0.15) is 0 Å². The second-order valence-corrected chi connectivity index (χ2v) is 4.65. The Morgan fingerprint density at radius 3 is 2.33 bits per heavy atom. The van der Waals surface area contributed by atoms with Gasteiger partial charge in [0.15, 0.2) is 0 Å². The highest BCUT2D eigenvalue weighted by atomic mass is 14.3. The van der Waals surface area contributed by atoms with Crippen molar-refractivity contribution < 1.29 is 0 Å². The molecule has 2 unspecified atom stereocenters. The summed E-state index contributed by atoms with van der Waals surface area (Å²) in [7, 11) is 0. The quantitative estimate of drug-likeness (QED) is 0.625. The maximum absolute atomic E-state index is 2.38. The molecule has 0 heterocycles. The van der Waals surface area contributed by atoms with Crippen LogP contribution in [-0.2, 0) is 6.42 Å². The van der Waals surface area contributed by atoms with Crippen molar-refractivity contribution >= 4 is 0 Å². The summed E-state index contributed by atoms with van der Waals surface area (Å²) in [4.78, 5) is 0. The minimum Gasteiger partial charge on any atom is -0.0683 e. The molecule has 0 amide bonds. The maximum Gasteiger partial charge on any atom is -0.0107 e. The van der Waals surface area contributed by atoms with Crippen LogP contribution >= 0.6 is 0 Å². The van der Waals surface area contributed by atoms with Crippen molar-refractivity contribution in [3.05, 3.63) is 35.4 Å². The average Bonchev–Trinajstić information content (AvgIpc) is 2.56. The summed E-state index contributed by atoms with van der Waals surface area (Å²) < 4.78 is 0.